The van der Waals surface area contributed by atoms with E-state index in [1.54, 1.807) is 30.5 Å². The van der Waals surface area contributed by atoms with Crippen LogP contribution in [0, 0.1) is 11.3 Å². The SMILES string of the molecule is C=CNC(=C)/C=C\C[C@H]1C(=O)NCc2cc(-c3ccc(C#N)cc3)cc(Cl)c2Sc2ncccc2CN[C@@H](CCCN)C(=O)N[C@@H](CN)C(=O)N1C. The fourth-order valence-electron chi connectivity index (χ4n) is 5.58. The van der Waals surface area contributed by atoms with Gasteiger partial charge in [0.25, 0.3) is 0 Å². The molecule has 0 bridgehead atoms. The zero-order valence-electron chi connectivity index (χ0n) is 29.0. The number of fused-ring (bicyclic) bond motifs is 2. The minimum Gasteiger partial charge on any atom is -0.363 e. The highest BCUT2D eigenvalue weighted by Gasteiger charge is 2.32. The van der Waals surface area contributed by atoms with Crippen LogP contribution in [0.3, 0.4) is 0 Å². The highest BCUT2D eigenvalue weighted by Crippen LogP contribution is 2.39. The number of hydrogen-bond donors (Lipinski definition) is 6. The highest BCUT2D eigenvalue weighted by molar-refractivity contribution is 7.99. The molecule has 3 atom stereocenters. The van der Waals surface area contributed by atoms with Crippen LogP contribution in [0.25, 0.3) is 11.1 Å². The Balaban J connectivity index is 1.82. The maximum absolute atomic E-state index is 14.1. The van der Waals surface area contributed by atoms with Crippen LogP contribution in [0.15, 0.2) is 102 Å². The van der Waals surface area contributed by atoms with E-state index in [-0.39, 0.29) is 26.1 Å². The maximum atomic E-state index is 14.1. The molecule has 4 rings (SSSR count). The normalized spacial score (nSPS) is 18.7. The summed E-state index contributed by atoms with van der Waals surface area (Å²) in [7, 11) is 1.51. The van der Waals surface area contributed by atoms with Gasteiger partial charge in [0.05, 0.1) is 22.7 Å². The Hall–Kier alpha value is -4.97. The average molecular weight is 742 g/mol. The molecule has 272 valence electrons. The van der Waals surface area contributed by atoms with Gasteiger partial charge in [0.2, 0.25) is 17.7 Å². The molecule has 0 aliphatic carbocycles. The van der Waals surface area contributed by atoms with Crippen molar-refractivity contribution in [2.45, 2.75) is 60.4 Å². The van der Waals surface area contributed by atoms with Gasteiger partial charge >= 0.3 is 0 Å². The number of nitriles is 1. The van der Waals surface area contributed by atoms with Gasteiger partial charge in [-0.2, -0.15) is 5.26 Å². The van der Waals surface area contributed by atoms with Crippen LogP contribution in [0.2, 0.25) is 5.02 Å². The summed E-state index contributed by atoms with van der Waals surface area (Å²) in [5, 5.41) is 22.4. The van der Waals surface area contributed by atoms with Gasteiger partial charge in [0.1, 0.15) is 17.1 Å². The van der Waals surface area contributed by atoms with E-state index in [4.69, 9.17) is 23.1 Å². The lowest BCUT2D eigenvalue weighted by Crippen LogP contribution is -2.58. The van der Waals surface area contributed by atoms with Crippen molar-refractivity contribution in [3.8, 4) is 17.2 Å². The first-order chi connectivity index (χ1) is 25.1. The van der Waals surface area contributed by atoms with E-state index in [0.29, 0.717) is 51.2 Å². The van der Waals surface area contributed by atoms with Crippen LogP contribution in [0.4, 0.5) is 0 Å². The summed E-state index contributed by atoms with van der Waals surface area (Å²) in [5.74, 6) is -1.37. The third-order valence-corrected chi connectivity index (χ3v) is 10.1. The number of nitrogens with one attached hydrogen (secondary N) is 4. The molecule has 2 heterocycles. The first-order valence-corrected chi connectivity index (χ1v) is 17.9. The molecule has 14 heteroatoms. The van der Waals surface area contributed by atoms with E-state index in [0.717, 1.165) is 16.7 Å². The lowest BCUT2D eigenvalue weighted by molar-refractivity contribution is -0.141. The lowest BCUT2D eigenvalue weighted by atomic mass is 10.0. The van der Waals surface area contributed by atoms with E-state index >= 15 is 0 Å². The van der Waals surface area contributed by atoms with Gasteiger partial charge in [-0.1, -0.05) is 60.8 Å². The average Bonchev–Trinajstić information content (AvgIpc) is 3.15. The summed E-state index contributed by atoms with van der Waals surface area (Å²) < 4.78 is 0. The fourth-order valence-corrected chi connectivity index (χ4v) is 6.93. The molecule has 52 heavy (non-hydrogen) atoms. The van der Waals surface area contributed by atoms with Crippen molar-refractivity contribution in [3.05, 3.63) is 114 Å². The summed E-state index contributed by atoms with van der Waals surface area (Å²) in [6, 6.07) is 14.0. The Labute approximate surface area is 313 Å². The fraction of sp³-hybridized carbons (Fsp3) is 0.289. The first-order valence-electron chi connectivity index (χ1n) is 16.8. The van der Waals surface area contributed by atoms with Crippen molar-refractivity contribution in [1.29, 1.82) is 5.26 Å². The van der Waals surface area contributed by atoms with Gasteiger partial charge in [0.15, 0.2) is 0 Å². The predicted molar refractivity (Wildman–Crippen MR) is 204 cm³/mol. The van der Waals surface area contributed by atoms with Gasteiger partial charge in [-0.25, -0.2) is 4.98 Å². The van der Waals surface area contributed by atoms with Crippen LogP contribution in [0.5, 0.6) is 0 Å². The van der Waals surface area contributed by atoms with Crippen molar-refractivity contribution in [2.75, 3.05) is 20.1 Å². The van der Waals surface area contributed by atoms with E-state index in [1.807, 2.05) is 36.4 Å². The number of benzene rings is 2. The van der Waals surface area contributed by atoms with Crippen molar-refractivity contribution in [1.82, 2.24) is 31.2 Å². The molecule has 1 aromatic heterocycles. The Morgan fingerprint density at radius 2 is 1.88 bits per heavy atom. The number of carbonyl (C=O) groups is 3. The van der Waals surface area contributed by atoms with Crippen LogP contribution in [-0.2, 0) is 27.5 Å². The maximum Gasteiger partial charge on any atom is 0.246 e. The second-order valence-electron chi connectivity index (χ2n) is 12.1. The monoisotopic (exact) mass is 741 g/mol. The molecule has 1 aliphatic heterocycles. The van der Waals surface area contributed by atoms with Crippen LogP contribution in [0.1, 0.15) is 36.0 Å². The molecule has 3 amide bonds. The Morgan fingerprint density at radius 3 is 2.58 bits per heavy atom. The van der Waals surface area contributed by atoms with Crippen molar-refractivity contribution >= 4 is 41.1 Å². The minimum absolute atomic E-state index is 0.0661. The number of amides is 3. The second kappa shape index (κ2) is 19.6. The molecule has 8 N–H and O–H groups in total. The number of hydrogen-bond acceptors (Lipinski definition) is 10. The Kier molecular flexibility index (Phi) is 15.0. The van der Waals surface area contributed by atoms with E-state index < -0.39 is 35.8 Å². The number of carbonyl (C=O) groups excluding carboxylic acids is 3. The molecular weight excluding hydrogens is 698 g/mol. The molecule has 0 radical (unpaired) electrons. The number of nitrogens with zero attached hydrogens (tertiary/aromatic N) is 3. The van der Waals surface area contributed by atoms with Crippen LogP contribution < -0.4 is 32.7 Å². The third kappa shape index (κ3) is 10.5. The molecule has 0 unspecified atom stereocenters. The summed E-state index contributed by atoms with van der Waals surface area (Å²) in [4.78, 5) is 48.2. The van der Waals surface area contributed by atoms with Gasteiger partial charge < -0.3 is 37.6 Å². The van der Waals surface area contributed by atoms with E-state index in [9.17, 15) is 19.6 Å². The first kappa shape index (κ1) is 39.8. The number of allylic oxidation sites excluding steroid dienone is 1. The molecule has 0 saturated carbocycles. The zero-order chi connectivity index (χ0) is 37.6. The molecule has 1 aliphatic rings. The minimum atomic E-state index is -1.09. The highest BCUT2D eigenvalue weighted by atomic mass is 35.5. The number of rotatable bonds is 10. The molecule has 0 spiro atoms. The smallest absolute Gasteiger partial charge is 0.246 e. The summed E-state index contributed by atoms with van der Waals surface area (Å²) in [6.45, 7) is 8.07. The second-order valence-corrected chi connectivity index (χ2v) is 13.5. The molecule has 0 fully saturated rings. The van der Waals surface area contributed by atoms with Crippen molar-refractivity contribution in [2.24, 2.45) is 11.5 Å². The third-order valence-electron chi connectivity index (χ3n) is 8.46. The van der Waals surface area contributed by atoms with Crippen LogP contribution >= 0.6 is 23.4 Å². The number of halogens is 1. The molecule has 0 saturated heterocycles. The van der Waals surface area contributed by atoms with Gasteiger partial charge in [-0.05, 0) is 90.7 Å². The largest absolute Gasteiger partial charge is 0.363 e. The van der Waals surface area contributed by atoms with E-state index in [1.165, 1.54) is 29.9 Å². The van der Waals surface area contributed by atoms with Gasteiger partial charge in [-0.3, -0.25) is 14.4 Å². The Morgan fingerprint density at radius 1 is 1.12 bits per heavy atom. The number of pyridine rings is 1. The Bertz CT molecular complexity index is 1840. The molecule has 2 aromatic carbocycles. The lowest BCUT2D eigenvalue weighted by Gasteiger charge is -2.31. The van der Waals surface area contributed by atoms with Crippen molar-refractivity contribution < 1.29 is 14.4 Å². The molecule has 3 aromatic rings. The van der Waals surface area contributed by atoms with Crippen LogP contribution in [-0.4, -0.2) is 65.9 Å². The topological polar surface area (TPSA) is 191 Å². The molecular formula is C38H44ClN9O3S. The standard InChI is InChI=1S/C38H44ClN9O3S/c1-4-43-24(2)8-5-11-33-36(50)46-23-29-18-28(26-14-12-25(20-41)13-15-26)19-30(39)34(29)52-37-27(9-7-17-44-37)22-45-31(10-6-16-40)35(49)47-32(21-42)38(51)48(33)3/h4-5,7-9,12-15,17-19,31-33,43,45H,1-2,6,10-11,16,21-23,40,42H2,3H3,(H,46,50)(H,47,49)/b8-5-/t31-,32-,33-/m0/s1. The number of likely N-dealkylation sites (N-methyl/N-ethyl adjacent to an activating group) is 1. The summed E-state index contributed by atoms with van der Waals surface area (Å²) >= 11 is 8.37. The van der Waals surface area contributed by atoms with Gasteiger partial charge in [0, 0.05) is 43.5 Å². The predicted octanol–water partition coefficient (Wildman–Crippen LogP) is 3.72. The number of nitrogens with two attached hydrogens (primary N) is 2. The van der Waals surface area contributed by atoms with Crippen molar-refractivity contribution in [3.63, 3.8) is 0 Å². The summed E-state index contributed by atoms with van der Waals surface area (Å²) in [6.07, 6.45) is 7.68. The quantitative estimate of drug-likeness (QED) is 0.167. The molecule has 12 nitrogen and oxygen atoms in total. The zero-order valence-corrected chi connectivity index (χ0v) is 30.6. The van der Waals surface area contributed by atoms with E-state index in [2.05, 4.69) is 45.5 Å². The number of aromatic nitrogens is 1. The summed E-state index contributed by atoms with van der Waals surface area (Å²) in [5.41, 5.74) is 16.1. The van der Waals surface area contributed by atoms with Gasteiger partial charge in [-0.15, -0.1) is 0 Å².